The standard InChI is InChI=1S/C23H28N4OS/c1-16-10-8-9-13-20(16)21-25-26-23(27(21)4)29-18(3)22(28)24-17(2)14-15-19-11-6-5-7-12-19/h5-13,17-18H,14-15H2,1-4H3,(H,24,28)/t17-,18+/m0/s1. The van der Waals surface area contributed by atoms with Crippen LogP contribution in [-0.4, -0.2) is 32.0 Å². The van der Waals surface area contributed by atoms with Crippen LogP contribution in [0.1, 0.15) is 31.4 Å². The molecule has 1 amide bonds. The topological polar surface area (TPSA) is 59.8 Å². The number of amides is 1. The van der Waals surface area contributed by atoms with Crippen molar-refractivity contribution in [2.24, 2.45) is 7.05 Å². The fourth-order valence-corrected chi connectivity index (χ4v) is 3.97. The SMILES string of the molecule is Cc1ccccc1-c1nnc(S[C@H](C)C(=O)N[C@@H](C)CCc2ccccc2)n1C. The Kier molecular flexibility index (Phi) is 7.09. The Morgan fingerprint density at radius 3 is 2.48 bits per heavy atom. The Bertz CT molecular complexity index is 955. The molecule has 0 radical (unpaired) electrons. The Morgan fingerprint density at radius 1 is 1.07 bits per heavy atom. The van der Waals surface area contributed by atoms with E-state index < -0.39 is 0 Å². The summed E-state index contributed by atoms with van der Waals surface area (Å²) in [6, 6.07) is 18.6. The van der Waals surface area contributed by atoms with Gasteiger partial charge in [0.2, 0.25) is 5.91 Å². The number of hydrogen-bond donors (Lipinski definition) is 1. The molecule has 1 aromatic heterocycles. The molecule has 3 rings (SSSR count). The quantitative estimate of drug-likeness (QED) is 0.561. The molecule has 0 aliphatic heterocycles. The number of thioether (sulfide) groups is 1. The number of hydrogen-bond acceptors (Lipinski definition) is 4. The zero-order valence-corrected chi connectivity index (χ0v) is 18.2. The van der Waals surface area contributed by atoms with E-state index in [4.69, 9.17) is 0 Å². The third-order valence-electron chi connectivity index (χ3n) is 4.97. The van der Waals surface area contributed by atoms with Crippen molar-refractivity contribution in [2.45, 2.75) is 50.1 Å². The van der Waals surface area contributed by atoms with Crippen LogP contribution in [0.4, 0.5) is 0 Å². The number of nitrogens with zero attached hydrogens (tertiary/aromatic N) is 3. The van der Waals surface area contributed by atoms with Crippen LogP contribution in [0.2, 0.25) is 0 Å². The smallest absolute Gasteiger partial charge is 0.233 e. The second kappa shape index (κ2) is 9.74. The minimum absolute atomic E-state index is 0.0241. The molecule has 0 saturated carbocycles. The third-order valence-corrected chi connectivity index (χ3v) is 6.10. The predicted octanol–water partition coefficient (Wildman–Crippen LogP) is 4.41. The van der Waals surface area contributed by atoms with Crippen molar-refractivity contribution in [2.75, 3.05) is 0 Å². The molecule has 2 atom stereocenters. The fourth-order valence-electron chi connectivity index (χ4n) is 3.15. The van der Waals surface area contributed by atoms with E-state index in [1.165, 1.54) is 17.3 Å². The van der Waals surface area contributed by atoms with Crippen LogP contribution in [0.5, 0.6) is 0 Å². The van der Waals surface area contributed by atoms with Crippen LogP contribution in [0.15, 0.2) is 59.8 Å². The molecule has 0 bridgehead atoms. The summed E-state index contributed by atoms with van der Waals surface area (Å²) in [4.78, 5) is 12.6. The second-order valence-electron chi connectivity index (χ2n) is 7.37. The van der Waals surface area contributed by atoms with E-state index in [2.05, 4.69) is 47.6 Å². The van der Waals surface area contributed by atoms with Crippen LogP contribution in [0, 0.1) is 6.92 Å². The van der Waals surface area contributed by atoms with E-state index in [9.17, 15) is 4.79 Å². The molecule has 1 N–H and O–H groups in total. The van der Waals surface area contributed by atoms with Crippen LogP contribution in [-0.2, 0) is 18.3 Å². The number of aromatic nitrogens is 3. The van der Waals surface area contributed by atoms with Gasteiger partial charge >= 0.3 is 0 Å². The zero-order chi connectivity index (χ0) is 20.8. The number of rotatable bonds is 8. The van der Waals surface area contributed by atoms with E-state index in [0.717, 1.165) is 34.9 Å². The lowest BCUT2D eigenvalue weighted by molar-refractivity contribution is -0.120. The zero-order valence-electron chi connectivity index (χ0n) is 17.4. The molecule has 0 unspecified atom stereocenters. The molecule has 6 heteroatoms. The van der Waals surface area contributed by atoms with Gasteiger partial charge in [0.05, 0.1) is 5.25 Å². The maximum absolute atomic E-state index is 12.6. The van der Waals surface area contributed by atoms with Crippen molar-refractivity contribution in [3.05, 3.63) is 65.7 Å². The first kappa shape index (κ1) is 21.1. The molecule has 0 aliphatic carbocycles. The van der Waals surface area contributed by atoms with Gasteiger partial charge < -0.3 is 9.88 Å². The van der Waals surface area contributed by atoms with Gasteiger partial charge in [-0.2, -0.15) is 0 Å². The monoisotopic (exact) mass is 408 g/mol. The molecule has 3 aromatic rings. The van der Waals surface area contributed by atoms with Gasteiger partial charge in [-0.3, -0.25) is 4.79 Å². The number of carbonyl (C=O) groups is 1. The number of aryl methyl sites for hydroxylation is 2. The lowest BCUT2D eigenvalue weighted by Crippen LogP contribution is -2.38. The maximum atomic E-state index is 12.6. The summed E-state index contributed by atoms with van der Waals surface area (Å²) in [5.74, 6) is 0.838. The van der Waals surface area contributed by atoms with Gasteiger partial charge in [-0.15, -0.1) is 10.2 Å². The van der Waals surface area contributed by atoms with E-state index in [-0.39, 0.29) is 17.2 Å². The van der Waals surface area contributed by atoms with Gasteiger partial charge in [-0.25, -0.2) is 0 Å². The lowest BCUT2D eigenvalue weighted by Gasteiger charge is -2.17. The highest BCUT2D eigenvalue weighted by atomic mass is 32.2. The van der Waals surface area contributed by atoms with Crippen molar-refractivity contribution in [1.29, 1.82) is 0 Å². The molecule has 5 nitrogen and oxygen atoms in total. The first-order valence-corrected chi connectivity index (χ1v) is 10.8. The highest BCUT2D eigenvalue weighted by Crippen LogP contribution is 2.27. The molecule has 2 aromatic carbocycles. The molecule has 0 fully saturated rings. The molecule has 1 heterocycles. The van der Waals surface area contributed by atoms with E-state index >= 15 is 0 Å². The van der Waals surface area contributed by atoms with Gasteiger partial charge in [0, 0.05) is 18.7 Å². The van der Waals surface area contributed by atoms with Crippen LogP contribution < -0.4 is 5.32 Å². The van der Waals surface area contributed by atoms with E-state index in [1.54, 1.807) is 0 Å². The molecule has 0 spiro atoms. The van der Waals surface area contributed by atoms with Gasteiger partial charge in [-0.05, 0) is 44.7 Å². The Balaban J connectivity index is 1.56. The average Bonchev–Trinajstić information content (AvgIpc) is 3.07. The second-order valence-corrected chi connectivity index (χ2v) is 8.68. The lowest BCUT2D eigenvalue weighted by atomic mass is 10.1. The van der Waals surface area contributed by atoms with Gasteiger partial charge in [-0.1, -0.05) is 66.4 Å². The van der Waals surface area contributed by atoms with Crippen LogP contribution >= 0.6 is 11.8 Å². The molecule has 152 valence electrons. The Morgan fingerprint density at radius 2 is 1.76 bits per heavy atom. The van der Waals surface area contributed by atoms with Gasteiger partial charge in [0.1, 0.15) is 0 Å². The summed E-state index contributed by atoms with van der Waals surface area (Å²) in [6.07, 6.45) is 1.86. The number of nitrogens with one attached hydrogen (secondary N) is 1. The number of benzene rings is 2. The first-order chi connectivity index (χ1) is 14.0. The summed E-state index contributed by atoms with van der Waals surface area (Å²) < 4.78 is 1.95. The third kappa shape index (κ3) is 5.48. The van der Waals surface area contributed by atoms with Crippen molar-refractivity contribution >= 4 is 17.7 Å². The van der Waals surface area contributed by atoms with E-state index in [1.807, 2.05) is 54.9 Å². The highest BCUT2D eigenvalue weighted by Gasteiger charge is 2.21. The van der Waals surface area contributed by atoms with Crippen molar-refractivity contribution in [3.8, 4) is 11.4 Å². The molecule has 0 aliphatic rings. The molecular formula is C23H28N4OS. The van der Waals surface area contributed by atoms with Crippen molar-refractivity contribution in [3.63, 3.8) is 0 Å². The van der Waals surface area contributed by atoms with E-state index in [0.29, 0.717) is 0 Å². The molecule has 0 saturated heterocycles. The van der Waals surface area contributed by atoms with Crippen LogP contribution in [0.25, 0.3) is 11.4 Å². The predicted molar refractivity (Wildman–Crippen MR) is 119 cm³/mol. The fraction of sp³-hybridized carbons (Fsp3) is 0.348. The minimum Gasteiger partial charge on any atom is -0.353 e. The Labute approximate surface area is 176 Å². The summed E-state index contributed by atoms with van der Waals surface area (Å²) in [7, 11) is 1.94. The summed E-state index contributed by atoms with van der Waals surface area (Å²) >= 11 is 1.43. The minimum atomic E-state index is -0.248. The van der Waals surface area contributed by atoms with Gasteiger partial charge in [0.15, 0.2) is 11.0 Å². The molecule has 29 heavy (non-hydrogen) atoms. The summed E-state index contributed by atoms with van der Waals surface area (Å²) in [5.41, 5.74) is 3.50. The van der Waals surface area contributed by atoms with Crippen molar-refractivity contribution < 1.29 is 4.79 Å². The Hall–Kier alpha value is -2.60. The molecular weight excluding hydrogens is 380 g/mol. The number of carbonyl (C=O) groups excluding carboxylic acids is 1. The first-order valence-electron chi connectivity index (χ1n) is 9.92. The largest absolute Gasteiger partial charge is 0.353 e. The van der Waals surface area contributed by atoms with Crippen LogP contribution in [0.3, 0.4) is 0 Å². The highest BCUT2D eigenvalue weighted by molar-refractivity contribution is 8.00. The summed E-state index contributed by atoms with van der Waals surface area (Å²) in [6.45, 7) is 6.02. The normalized spacial score (nSPS) is 13.1. The van der Waals surface area contributed by atoms with Crippen molar-refractivity contribution in [1.82, 2.24) is 20.1 Å². The average molecular weight is 409 g/mol. The maximum Gasteiger partial charge on any atom is 0.233 e. The summed E-state index contributed by atoms with van der Waals surface area (Å²) in [5, 5.41) is 12.3. The van der Waals surface area contributed by atoms with Gasteiger partial charge in [0.25, 0.3) is 0 Å².